The lowest BCUT2D eigenvalue weighted by Crippen LogP contribution is -2.02. The van der Waals surface area contributed by atoms with Crippen LogP contribution in [0.3, 0.4) is 0 Å². The van der Waals surface area contributed by atoms with Gasteiger partial charge in [0.15, 0.2) is 6.29 Å². The summed E-state index contributed by atoms with van der Waals surface area (Å²) >= 11 is 1.41. The molecule has 1 aromatic rings. The predicted molar refractivity (Wildman–Crippen MR) is 56.8 cm³/mol. The van der Waals surface area contributed by atoms with Crippen LogP contribution in [0.25, 0.3) is 0 Å². The average molecular weight is 222 g/mol. The van der Waals surface area contributed by atoms with Gasteiger partial charge < -0.3 is 4.74 Å². The second-order valence-corrected chi connectivity index (χ2v) is 3.58. The van der Waals surface area contributed by atoms with Crippen LogP contribution in [-0.4, -0.2) is 24.6 Å². The van der Waals surface area contributed by atoms with Crippen molar-refractivity contribution in [2.45, 2.75) is 11.5 Å². The molecular weight excluding hydrogens is 212 g/mol. The van der Waals surface area contributed by atoms with E-state index >= 15 is 0 Å². The molecule has 4 nitrogen and oxygen atoms in total. The molecule has 0 spiro atoms. The molecule has 0 saturated heterocycles. The van der Waals surface area contributed by atoms with E-state index in [0.29, 0.717) is 23.2 Å². The number of rotatable bonds is 4. The number of methoxy groups -OCH3 is 1. The predicted octanol–water partition coefficient (Wildman–Crippen LogP) is 1.63. The van der Waals surface area contributed by atoms with Crippen molar-refractivity contribution in [2.75, 3.05) is 13.4 Å². The van der Waals surface area contributed by atoms with Crippen molar-refractivity contribution in [3.05, 3.63) is 23.0 Å². The van der Waals surface area contributed by atoms with Crippen LogP contribution in [0.1, 0.15) is 21.7 Å². The van der Waals surface area contributed by atoms with Crippen LogP contribution < -0.4 is 0 Å². The van der Waals surface area contributed by atoms with Gasteiger partial charge in [-0.3, -0.25) is 4.79 Å². The zero-order valence-corrected chi connectivity index (χ0v) is 9.30. The summed E-state index contributed by atoms with van der Waals surface area (Å²) < 4.78 is 4.93. The molecule has 0 atom stereocenters. The molecule has 0 aliphatic rings. The first kappa shape index (κ1) is 11.7. The molecular formula is C10H10N2O2S. The van der Waals surface area contributed by atoms with Crippen molar-refractivity contribution in [3.8, 4) is 6.07 Å². The molecule has 0 aliphatic carbocycles. The minimum atomic E-state index is 0.234. The average Bonchev–Trinajstić information content (AvgIpc) is 2.28. The van der Waals surface area contributed by atoms with Crippen LogP contribution in [0.5, 0.6) is 0 Å². The van der Waals surface area contributed by atoms with Gasteiger partial charge in [-0.15, -0.1) is 11.8 Å². The summed E-state index contributed by atoms with van der Waals surface area (Å²) in [6, 6.07) is 3.68. The molecule has 0 N–H and O–H groups in total. The molecule has 0 bridgehead atoms. The number of hydrogen-bond donors (Lipinski definition) is 0. The minimum Gasteiger partial charge on any atom is -0.378 e. The lowest BCUT2D eigenvalue weighted by Gasteiger charge is -2.06. The number of nitriles is 1. The largest absolute Gasteiger partial charge is 0.378 e. The molecule has 0 aromatic carbocycles. The maximum atomic E-state index is 10.6. The Morgan fingerprint density at radius 2 is 2.47 bits per heavy atom. The fourth-order valence-electron chi connectivity index (χ4n) is 1.17. The molecule has 1 rings (SSSR count). The molecule has 5 heteroatoms. The smallest absolute Gasteiger partial charge is 0.168 e. The third-order valence-electron chi connectivity index (χ3n) is 1.81. The van der Waals surface area contributed by atoms with Gasteiger partial charge in [-0.2, -0.15) is 5.26 Å². The van der Waals surface area contributed by atoms with Gasteiger partial charge in [0, 0.05) is 12.0 Å². The molecule has 0 aliphatic heterocycles. The molecule has 0 saturated carbocycles. The third kappa shape index (κ3) is 2.55. The van der Waals surface area contributed by atoms with Crippen molar-refractivity contribution < 1.29 is 9.53 Å². The van der Waals surface area contributed by atoms with Crippen molar-refractivity contribution in [2.24, 2.45) is 0 Å². The topological polar surface area (TPSA) is 63.0 Å². The Morgan fingerprint density at radius 1 is 1.73 bits per heavy atom. The lowest BCUT2D eigenvalue weighted by molar-refractivity contribution is 0.111. The first-order chi connectivity index (χ1) is 7.26. The van der Waals surface area contributed by atoms with E-state index in [9.17, 15) is 4.79 Å². The molecule has 0 radical (unpaired) electrons. The fourth-order valence-corrected chi connectivity index (χ4v) is 1.78. The van der Waals surface area contributed by atoms with Crippen LogP contribution in [0.15, 0.2) is 11.0 Å². The van der Waals surface area contributed by atoms with Gasteiger partial charge in [-0.05, 0) is 12.3 Å². The number of hydrogen-bond acceptors (Lipinski definition) is 5. The van der Waals surface area contributed by atoms with E-state index < -0.39 is 0 Å². The van der Waals surface area contributed by atoms with E-state index in [4.69, 9.17) is 10.00 Å². The first-order valence-corrected chi connectivity index (χ1v) is 5.41. The van der Waals surface area contributed by atoms with Crippen molar-refractivity contribution >= 4 is 18.0 Å². The Labute approximate surface area is 92.3 Å². The van der Waals surface area contributed by atoms with Crippen molar-refractivity contribution in [1.82, 2.24) is 4.98 Å². The minimum absolute atomic E-state index is 0.234. The zero-order valence-electron chi connectivity index (χ0n) is 8.48. The quantitative estimate of drug-likeness (QED) is 0.572. The van der Waals surface area contributed by atoms with Crippen LogP contribution in [-0.2, 0) is 11.3 Å². The van der Waals surface area contributed by atoms with E-state index in [1.807, 2.05) is 6.26 Å². The highest BCUT2D eigenvalue weighted by Crippen LogP contribution is 2.23. The van der Waals surface area contributed by atoms with E-state index in [0.717, 1.165) is 4.90 Å². The van der Waals surface area contributed by atoms with Gasteiger partial charge in [0.1, 0.15) is 11.8 Å². The monoisotopic (exact) mass is 222 g/mol. The maximum Gasteiger partial charge on any atom is 0.168 e. The van der Waals surface area contributed by atoms with Crippen LogP contribution >= 0.6 is 11.8 Å². The number of ether oxygens (including phenoxy) is 1. The molecule has 1 aromatic heterocycles. The highest BCUT2D eigenvalue weighted by Gasteiger charge is 2.11. The molecule has 0 amide bonds. The highest BCUT2D eigenvalue weighted by atomic mass is 32.2. The summed E-state index contributed by atoms with van der Waals surface area (Å²) in [6.07, 6.45) is 2.52. The number of carbonyl (C=O) groups excluding carboxylic acids is 1. The highest BCUT2D eigenvalue weighted by molar-refractivity contribution is 7.98. The summed E-state index contributed by atoms with van der Waals surface area (Å²) in [5.41, 5.74) is 1.31. The fraction of sp³-hybridized carbons (Fsp3) is 0.300. The number of aromatic nitrogens is 1. The summed E-state index contributed by atoms with van der Waals surface area (Å²) in [6.45, 7) is 0.234. The van der Waals surface area contributed by atoms with Crippen molar-refractivity contribution in [1.29, 1.82) is 5.26 Å². The standard InChI is InChI=1S/C10H10N2O2S/c1-14-6-9-8(4-11)10(15-2)3-7(5-13)12-9/h3,5H,6H2,1-2H3. The Morgan fingerprint density at radius 3 is 2.93 bits per heavy atom. The van der Waals surface area contributed by atoms with Crippen molar-refractivity contribution in [3.63, 3.8) is 0 Å². The van der Waals surface area contributed by atoms with Gasteiger partial charge in [0.25, 0.3) is 0 Å². The van der Waals surface area contributed by atoms with E-state index in [2.05, 4.69) is 11.1 Å². The number of aldehydes is 1. The van der Waals surface area contributed by atoms with Gasteiger partial charge in [0.2, 0.25) is 0 Å². The SMILES string of the molecule is COCc1nc(C=O)cc(SC)c1C#N. The van der Waals surface area contributed by atoms with E-state index in [1.54, 1.807) is 6.07 Å². The second kappa shape index (κ2) is 5.49. The molecule has 1 heterocycles. The molecule has 15 heavy (non-hydrogen) atoms. The normalized spacial score (nSPS) is 9.67. The maximum absolute atomic E-state index is 10.6. The second-order valence-electron chi connectivity index (χ2n) is 2.73. The van der Waals surface area contributed by atoms with E-state index in [-0.39, 0.29) is 6.61 Å². The van der Waals surface area contributed by atoms with Gasteiger partial charge >= 0.3 is 0 Å². The van der Waals surface area contributed by atoms with E-state index in [1.165, 1.54) is 18.9 Å². The number of thioether (sulfide) groups is 1. The Balaban J connectivity index is 3.33. The van der Waals surface area contributed by atoms with Gasteiger partial charge in [0.05, 0.1) is 17.9 Å². The van der Waals surface area contributed by atoms with Gasteiger partial charge in [-0.25, -0.2) is 4.98 Å². The zero-order chi connectivity index (χ0) is 11.3. The van der Waals surface area contributed by atoms with Crippen LogP contribution in [0.2, 0.25) is 0 Å². The summed E-state index contributed by atoms with van der Waals surface area (Å²) in [7, 11) is 1.52. The lowest BCUT2D eigenvalue weighted by atomic mass is 10.2. The third-order valence-corrected chi connectivity index (χ3v) is 2.57. The van der Waals surface area contributed by atoms with Gasteiger partial charge in [-0.1, -0.05) is 0 Å². The molecule has 0 unspecified atom stereocenters. The Hall–Kier alpha value is -1.38. The number of carbonyl (C=O) groups is 1. The van der Waals surface area contributed by atoms with Crippen LogP contribution in [0.4, 0.5) is 0 Å². The number of nitrogens with zero attached hydrogens (tertiary/aromatic N) is 2. The Bertz CT molecular complexity index is 413. The summed E-state index contributed by atoms with van der Waals surface area (Å²) in [5.74, 6) is 0. The summed E-state index contributed by atoms with van der Waals surface area (Å²) in [4.78, 5) is 15.4. The molecule has 0 fully saturated rings. The first-order valence-electron chi connectivity index (χ1n) is 4.19. The summed E-state index contributed by atoms with van der Waals surface area (Å²) in [5, 5.41) is 8.97. The van der Waals surface area contributed by atoms with Crippen LogP contribution in [0, 0.1) is 11.3 Å². The molecule has 78 valence electrons. The number of pyridine rings is 1. The Kier molecular flexibility index (Phi) is 4.28.